The third-order valence-corrected chi connectivity index (χ3v) is 5.78. The third kappa shape index (κ3) is 3.42. The summed E-state index contributed by atoms with van der Waals surface area (Å²) in [5, 5.41) is 5.57. The van der Waals surface area contributed by atoms with Crippen LogP contribution in [0, 0.1) is 6.92 Å². The van der Waals surface area contributed by atoms with Gasteiger partial charge in [0, 0.05) is 54.8 Å². The summed E-state index contributed by atoms with van der Waals surface area (Å²) in [5.74, 6) is 0.991. The van der Waals surface area contributed by atoms with E-state index in [0.717, 1.165) is 53.8 Å². The number of aromatic nitrogens is 3. The van der Waals surface area contributed by atoms with Crippen LogP contribution in [0.3, 0.4) is 0 Å². The van der Waals surface area contributed by atoms with E-state index < -0.39 is 0 Å². The van der Waals surface area contributed by atoms with Crippen molar-refractivity contribution in [3.8, 4) is 11.3 Å². The van der Waals surface area contributed by atoms with Crippen molar-refractivity contribution in [2.75, 3.05) is 36.0 Å². The predicted octanol–water partition coefficient (Wildman–Crippen LogP) is 4.68. The van der Waals surface area contributed by atoms with Crippen molar-refractivity contribution in [2.24, 2.45) is 0 Å². The molecule has 0 radical (unpaired) electrons. The molecule has 2 aromatic carbocycles. The number of nitrogens with zero attached hydrogens (tertiary/aromatic N) is 5. The van der Waals surface area contributed by atoms with E-state index in [-0.39, 0.29) is 0 Å². The zero-order valence-corrected chi connectivity index (χ0v) is 17.0. The molecule has 29 heavy (non-hydrogen) atoms. The predicted molar refractivity (Wildman–Crippen MR) is 119 cm³/mol. The minimum absolute atomic E-state index is 0.777. The maximum atomic E-state index is 6.16. The second-order valence-electron chi connectivity index (χ2n) is 7.38. The highest BCUT2D eigenvalue weighted by Gasteiger charge is 2.21. The molecule has 0 atom stereocenters. The van der Waals surface area contributed by atoms with E-state index in [9.17, 15) is 0 Å². The lowest BCUT2D eigenvalue weighted by atomic mass is 10.1. The quantitative estimate of drug-likeness (QED) is 0.497. The molecule has 1 saturated heterocycles. The van der Waals surface area contributed by atoms with Gasteiger partial charge in [0.25, 0.3) is 0 Å². The Bertz CT molecular complexity index is 1160. The summed E-state index contributed by atoms with van der Waals surface area (Å²) in [6.45, 7) is 5.80. The molecule has 2 aromatic heterocycles. The van der Waals surface area contributed by atoms with Crippen LogP contribution in [0.15, 0.2) is 67.0 Å². The fourth-order valence-corrected chi connectivity index (χ4v) is 4.18. The van der Waals surface area contributed by atoms with E-state index >= 15 is 0 Å². The zero-order chi connectivity index (χ0) is 19.8. The number of hydrogen-bond donors (Lipinski definition) is 0. The van der Waals surface area contributed by atoms with Gasteiger partial charge in [0.1, 0.15) is 5.52 Å². The largest absolute Gasteiger partial charge is 0.368 e. The van der Waals surface area contributed by atoms with Crippen LogP contribution in [0.4, 0.5) is 11.5 Å². The molecule has 0 aliphatic carbocycles. The first kappa shape index (κ1) is 18.0. The number of fused-ring (bicyclic) bond motifs is 1. The highest BCUT2D eigenvalue weighted by Crippen LogP contribution is 2.28. The van der Waals surface area contributed by atoms with Crippen molar-refractivity contribution in [3.63, 3.8) is 0 Å². The van der Waals surface area contributed by atoms with Crippen LogP contribution in [0.2, 0.25) is 5.02 Å². The Morgan fingerprint density at radius 2 is 1.69 bits per heavy atom. The van der Waals surface area contributed by atoms with E-state index in [4.69, 9.17) is 21.7 Å². The summed E-state index contributed by atoms with van der Waals surface area (Å²) in [7, 11) is 0. The summed E-state index contributed by atoms with van der Waals surface area (Å²) in [4.78, 5) is 9.42. The Morgan fingerprint density at radius 1 is 0.897 bits per heavy atom. The van der Waals surface area contributed by atoms with Gasteiger partial charge in [0.05, 0.1) is 5.69 Å². The van der Waals surface area contributed by atoms with E-state index in [1.165, 1.54) is 11.3 Å². The first-order valence-corrected chi connectivity index (χ1v) is 10.2. The topological polar surface area (TPSA) is 36.7 Å². The number of aryl methyl sites for hydroxylation is 1. The van der Waals surface area contributed by atoms with Crippen molar-refractivity contribution >= 4 is 28.6 Å². The minimum atomic E-state index is 0.777. The molecule has 0 bridgehead atoms. The van der Waals surface area contributed by atoms with Gasteiger partial charge in [0.2, 0.25) is 0 Å². The average Bonchev–Trinajstić information content (AvgIpc) is 3.18. The number of halogens is 1. The first-order valence-electron chi connectivity index (χ1n) is 9.85. The molecule has 1 aliphatic rings. The van der Waals surface area contributed by atoms with Gasteiger partial charge in [-0.2, -0.15) is 5.10 Å². The molecule has 4 aromatic rings. The van der Waals surface area contributed by atoms with Crippen molar-refractivity contribution in [2.45, 2.75) is 6.92 Å². The molecule has 1 aliphatic heterocycles. The zero-order valence-electron chi connectivity index (χ0n) is 16.3. The lowest BCUT2D eigenvalue weighted by Gasteiger charge is -2.36. The molecule has 146 valence electrons. The van der Waals surface area contributed by atoms with Crippen LogP contribution in [0.5, 0.6) is 0 Å². The fourth-order valence-electron chi connectivity index (χ4n) is 3.99. The van der Waals surface area contributed by atoms with Gasteiger partial charge in [-0.25, -0.2) is 9.50 Å². The Morgan fingerprint density at radius 3 is 2.48 bits per heavy atom. The Kier molecular flexibility index (Phi) is 4.60. The maximum absolute atomic E-state index is 6.16. The van der Waals surface area contributed by atoms with E-state index in [0.29, 0.717) is 0 Å². The van der Waals surface area contributed by atoms with Gasteiger partial charge in [-0.05, 0) is 36.8 Å². The molecule has 3 heterocycles. The molecule has 0 unspecified atom stereocenters. The van der Waals surface area contributed by atoms with Crippen LogP contribution in [0.1, 0.15) is 5.56 Å². The smallest absolute Gasteiger partial charge is 0.154 e. The van der Waals surface area contributed by atoms with Crippen molar-refractivity contribution < 1.29 is 0 Å². The lowest BCUT2D eigenvalue weighted by molar-refractivity contribution is 0.647. The van der Waals surface area contributed by atoms with Gasteiger partial charge in [-0.15, -0.1) is 0 Å². The van der Waals surface area contributed by atoms with Crippen LogP contribution in [-0.4, -0.2) is 40.8 Å². The Balaban J connectivity index is 1.42. The molecular weight excluding hydrogens is 382 g/mol. The summed E-state index contributed by atoms with van der Waals surface area (Å²) in [5.41, 5.74) is 5.58. The van der Waals surface area contributed by atoms with Gasteiger partial charge in [-0.1, -0.05) is 41.9 Å². The summed E-state index contributed by atoms with van der Waals surface area (Å²) >= 11 is 6.16. The normalized spacial score (nSPS) is 14.6. The number of rotatable bonds is 3. The minimum Gasteiger partial charge on any atom is -0.368 e. The van der Waals surface area contributed by atoms with Crippen LogP contribution < -0.4 is 9.80 Å². The van der Waals surface area contributed by atoms with Crippen LogP contribution in [0.25, 0.3) is 16.8 Å². The number of anilines is 2. The van der Waals surface area contributed by atoms with Crippen LogP contribution in [-0.2, 0) is 0 Å². The highest BCUT2D eigenvalue weighted by molar-refractivity contribution is 6.30. The molecule has 0 spiro atoms. The fraction of sp³-hybridized carbons (Fsp3) is 0.217. The Hall–Kier alpha value is -3.05. The second-order valence-corrected chi connectivity index (χ2v) is 7.82. The summed E-state index contributed by atoms with van der Waals surface area (Å²) < 4.78 is 1.94. The van der Waals surface area contributed by atoms with E-state index in [2.05, 4.69) is 53.1 Å². The van der Waals surface area contributed by atoms with Crippen molar-refractivity contribution in [3.05, 3.63) is 77.6 Å². The van der Waals surface area contributed by atoms with Gasteiger partial charge < -0.3 is 9.80 Å². The van der Waals surface area contributed by atoms with E-state index in [1.807, 2.05) is 35.1 Å². The SMILES string of the molecule is Cc1ccccc1-c1cc2c(N3CCN(c4cccc(Cl)c4)CC3)nccn2n1. The Labute approximate surface area is 175 Å². The average molecular weight is 404 g/mol. The van der Waals surface area contributed by atoms with Crippen molar-refractivity contribution in [1.82, 2.24) is 14.6 Å². The number of hydrogen-bond acceptors (Lipinski definition) is 4. The lowest BCUT2D eigenvalue weighted by Crippen LogP contribution is -2.47. The summed E-state index contributed by atoms with van der Waals surface area (Å²) in [6.07, 6.45) is 3.75. The van der Waals surface area contributed by atoms with Crippen LogP contribution >= 0.6 is 11.6 Å². The molecule has 0 saturated carbocycles. The maximum Gasteiger partial charge on any atom is 0.154 e. The molecule has 5 nitrogen and oxygen atoms in total. The molecular formula is C23H22ClN5. The molecule has 0 N–H and O–H groups in total. The first-order chi connectivity index (χ1) is 14.2. The van der Waals surface area contributed by atoms with Crippen molar-refractivity contribution in [1.29, 1.82) is 0 Å². The number of piperazine rings is 1. The molecule has 1 fully saturated rings. The highest BCUT2D eigenvalue weighted by atomic mass is 35.5. The number of benzene rings is 2. The van der Waals surface area contributed by atoms with Gasteiger partial charge in [-0.3, -0.25) is 0 Å². The molecule has 6 heteroatoms. The molecule has 0 amide bonds. The van der Waals surface area contributed by atoms with Gasteiger partial charge in [0.15, 0.2) is 5.82 Å². The standard InChI is InChI=1S/C23H22ClN5/c1-17-5-2-3-8-20(17)21-16-22-23(25-9-10-29(22)26-21)28-13-11-27(12-14-28)19-7-4-6-18(24)15-19/h2-10,15-16H,11-14H2,1H3. The monoisotopic (exact) mass is 403 g/mol. The second kappa shape index (κ2) is 7.41. The third-order valence-electron chi connectivity index (χ3n) is 5.54. The van der Waals surface area contributed by atoms with E-state index in [1.54, 1.807) is 0 Å². The molecule has 5 rings (SSSR count). The summed E-state index contributed by atoms with van der Waals surface area (Å²) in [6, 6.07) is 18.6. The van der Waals surface area contributed by atoms with Gasteiger partial charge >= 0.3 is 0 Å².